The van der Waals surface area contributed by atoms with Crippen LogP contribution in [0.5, 0.6) is 0 Å². The first-order valence-electron chi connectivity index (χ1n) is 9.58. The summed E-state index contributed by atoms with van der Waals surface area (Å²) in [6.45, 7) is 9.15. The molecular formula is C24H22ClF3N2. The molecule has 0 spiro atoms. The van der Waals surface area contributed by atoms with E-state index in [0.29, 0.717) is 10.6 Å². The van der Waals surface area contributed by atoms with Crippen molar-refractivity contribution < 1.29 is 13.2 Å². The highest BCUT2D eigenvalue weighted by Gasteiger charge is 2.32. The summed E-state index contributed by atoms with van der Waals surface area (Å²) in [5.74, 6) is 0. The van der Waals surface area contributed by atoms with Gasteiger partial charge in [0.15, 0.2) is 0 Å². The maximum Gasteiger partial charge on any atom is 0.416 e. The number of benzene rings is 2. The number of anilines is 1. The molecule has 2 aromatic carbocycles. The largest absolute Gasteiger partial charge is 0.416 e. The molecule has 0 bridgehead atoms. The molecule has 156 valence electrons. The quantitative estimate of drug-likeness (QED) is 0.373. The molecule has 3 rings (SSSR count). The van der Waals surface area contributed by atoms with Crippen LogP contribution in [0.2, 0.25) is 5.02 Å². The SMILES string of the molecule is CCN1c2cc(Cl)c(/C=C(\C#N)c3cccc(C(F)(F)F)c3)cc2C(C)=CC1(C)C. The molecule has 2 nitrogen and oxygen atoms in total. The Balaban J connectivity index is 2.12. The monoisotopic (exact) mass is 430 g/mol. The van der Waals surface area contributed by atoms with E-state index in [0.717, 1.165) is 35.5 Å². The van der Waals surface area contributed by atoms with Gasteiger partial charge in [0, 0.05) is 22.8 Å². The average Bonchev–Trinajstić information content (AvgIpc) is 2.66. The number of fused-ring (bicyclic) bond motifs is 1. The normalized spacial score (nSPS) is 16.0. The minimum Gasteiger partial charge on any atom is -0.363 e. The van der Waals surface area contributed by atoms with Crippen LogP contribution < -0.4 is 4.90 Å². The topological polar surface area (TPSA) is 27.0 Å². The number of nitriles is 1. The van der Waals surface area contributed by atoms with Crippen LogP contribution in [-0.2, 0) is 6.18 Å². The third kappa shape index (κ3) is 4.11. The van der Waals surface area contributed by atoms with Gasteiger partial charge in [0.2, 0.25) is 0 Å². The molecule has 1 aliphatic rings. The van der Waals surface area contributed by atoms with Crippen molar-refractivity contribution in [3.8, 4) is 6.07 Å². The molecule has 2 aromatic rings. The van der Waals surface area contributed by atoms with Crippen molar-refractivity contribution in [2.45, 2.75) is 39.4 Å². The summed E-state index contributed by atoms with van der Waals surface area (Å²) < 4.78 is 39.2. The van der Waals surface area contributed by atoms with E-state index in [2.05, 4.69) is 31.7 Å². The summed E-state index contributed by atoms with van der Waals surface area (Å²) in [7, 11) is 0. The van der Waals surface area contributed by atoms with Crippen molar-refractivity contribution in [3.63, 3.8) is 0 Å². The van der Waals surface area contributed by atoms with Gasteiger partial charge in [-0.2, -0.15) is 18.4 Å². The van der Waals surface area contributed by atoms with Crippen LogP contribution in [-0.4, -0.2) is 12.1 Å². The van der Waals surface area contributed by atoms with E-state index in [-0.39, 0.29) is 16.7 Å². The Labute approximate surface area is 179 Å². The molecule has 0 amide bonds. The van der Waals surface area contributed by atoms with Crippen molar-refractivity contribution in [2.75, 3.05) is 11.4 Å². The van der Waals surface area contributed by atoms with Crippen LogP contribution in [0.3, 0.4) is 0 Å². The van der Waals surface area contributed by atoms with Gasteiger partial charge in [0.1, 0.15) is 0 Å². The number of hydrogen-bond acceptors (Lipinski definition) is 2. The Morgan fingerprint density at radius 3 is 2.53 bits per heavy atom. The van der Waals surface area contributed by atoms with E-state index in [4.69, 9.17) is 11.6 Å². The zero-order chi connectivity index (χ0) is 22.3. The standard InChI is InChI=1S/C24H22ClF3N2/c1-5-30-22-12-21(25)17(11-20(22)15(2)13-23(30,3)4)9-18(14-29)16-7-6-8-19(10-16)24(26,27)28/h6-13H,5H2,1-4H3/b18-9+. The van der Waals surface area contributed by atoms with E-state index in [1.165, 1.54) is 12.1 Å². The lowest BCUT2D eigenvalue weighted by atomic mass is 9.87. The fraction of sp³-hybridized carbons (Fsp3) is 0.292. The zero-order valence-electron chi connectivity index (χ0n) is 17.2. The molecule has 0 radical (unpaired) electrons. The lowest BCUT2D eigenvalue weighted by molar-refractivity contribution is -0.137. The molecule has 0 fully saturated rings. The second-order valence-electron chi connectivity index (χ2n) is 7.86. The molecule has 0 unspecified atom stereocenters. The van der Waals surface area contributed by atoms with Crippen molar-refractivity contribution in [2.24, 2.45) is 0 Å². The molecule has 0 saturated carbocycles. The third-order valence-corrected chi connectivity index (χ3v) is 5.66. The summed E-state index contributed by atoms with van der Waals surface area (Å²) in [6.07, 6.45) is -0.752. The third-order valence-electron chi connectivity index (χ3n) is 5.33. The number of hydrogen-bond donors (Lipinski definition) is 0. The highest BCUT2D eigenvalue weighted by atomic mass is 35.5. The first-order valence-corrected chi connectivity index (χ1v) is 9.96. The lowest BCUT2D eigenvalue weighted by Gasteiger charge is -2.43. The maximum absolute atomic E-state index is 13.1. The van der Waals surface area contributed by atoms with E-state index in [1.54, 1.807) is 6.08 Å². The smallest absolute Gasteiger partial charge is 0.363 e. The Hall–Kier alpha value is -2.71. The fourth-order valence-electron chi connectivity index (χ4n) is 4.00. The highest BCUT2D eigenvalue weighted by Crippen LogP contribution is 2.42. The molecule has 30 heavy (non-hydrogen) atoms. The van der Waals surface area contributed by atoms with Crippen LogP contribution in [0.4, 0.5) is 18.9 Å². The molecule has 1 aliphatic heterocycles. The molecule has 0 aromatic heterocycles. The van der Waals surface area contributed by atoms with E-state index in [9.17, 15) is 18.4 Å². The molecular weight excluding hydrogens is 409 g/mol. The van der Waals surface area contributed by atoms with Crippen molar-refractivity contribution >= 4 is 34.5 Å². The Kier molecular flexibility index (Phi) is 5.75. The number of alkyl halides is 3. The van der Waals surface area contributed by atoms with Crippen LogP contribution in [0.15, 0.2) is 42.5 Å². The van der Waals surface area contributed by atoms with Gasteiger partial charge in [-0.25, -0.2) is 0 Å². The summed E-state index contributed by atoms with van der Waals surface area (Å²) in [5.41, 5.74) is 3.03. The fourth-order valence-corrected chi connectivity index (χ4v) is 4.21. The second kappa shape index (κ2) is 7.85. The first-order chi connectivity index (χ1) is 14.0. The van der Waals surface area contributed by atoms with Crippen LogP contribution in [0.25, 0.3) is 17.2 Å². The van der Waals surface area contributed by atoms with Crippen LogP contribution >= 0.6 is 11.6 Å². The van der Waals surface area contributed by atoms with Crippen molar-refractivity contribution in [3.05, 3.63) is 69.8 Å². The van der Waals surface area contributed by atoms with Gasteiger partial charge >= 0.3 is 6.18 Å². The second-order valence-corrected chi connectivity index (χ2v) is 8.27. The minimum absolute atomic E-state index is 0.119. The van der Waals surface area contributed by atoms with Gasteiger partial charge in [-0.3, -0.25) is 0 Å². The van der Waals surface area contributed by atoms with E-state index < -0.39 is 11.7 Å². The maximum atomic E-state index is 13.1. The summed E-state index contributed by atoms with van der Waals surface area (Å²) in [4.78, 5) is 2.24. The predicted molar refractivity (Wildman–Crippen MR) is 117 cm³/mol. The highest BCUT2D eigenvalue weighted by molar-refractivity contribution is 6.32. The van der Waals surface area contributed by atoms with Gasteiger partial charge in [0.05, 0.1) is 22.7 Å². The number of likely N-dealkylation sites (N-methyl/N-ethyl adjacent to an activating group) is 1. The van der Waals surface area contributed by atoms with Gasteiger partial charge in [-0.05, 0) is 74.7 Å². The number of rotatable bonds is 3. The van der Waals surface area contributed by atoms with Crippen LogP contribution in [0, 0.1) is 11.3 Å². The summed E-state index contributed by atoms with van der Waals surface area (Å²) in [6, 6.07) is 10.5. The predicted octanol–water partition coefficient (Wildman–Crippen LogP) is 7.44. The minimum atomic E-state index is -4.47. The van der Waals surface area contributed by atoms with E-state index >= 15 is 0 Å². The molecule has 0 N–H and O–H groups in total. The molecule has 1 heterocycles. The lowest BCUT2D eigenvalue weighted by Crippen LogP contribution is -2.44. The number of halogens is 4. The average molecular weight is 431 g/mol. The Bertz CT molecular complexity index is 1090. The molecule has 0 aliphatic carbocycles. The Morgan fingerprint density at radius 2 is 1.93 bits per heavy atom. The van der Waals surface area contributed by atoms with E-state index in [1.807, 2.05) is 25.1 Å². The summed E-state index contributed by atoms with van der Waals surface area (Å²) >= 11 is 6.54. The van der Waals surface area contributed by atoms with Crippen LogP contribution in [0.1, 0.15) is 49.9 Å². The molecule has 0 atom stereocenters. The van der Waals surface area contributed by atoms with Gasteiger partial charge in [-0.1, -0.05) is 29.8 Å². The summed E-state index contributed by atoms with van der Waals surface area (Å²) in [5, 5.41) is 10.0. The van der Waals surface area contributed by atoms with Gasteiger partial charge < -0.3 is 4.90 Å². The van der Waals surface area contributed by atoms with Gasteiger partial charge in [0.25, 0.3) is 0 Å². The zero-order valence-corrected chi connectivity index (χ0v) is 18.0. The number of nitrogens with zero attached hydrogens (tertiary/aromatic N) is 2. The van der Waals surface area contributed by atoms with Crippen molar-refractivity contribution in [1.82, 2.24) is 0 Å². The first kappa shape index (κ1) is 22.0. The molecule has 0 saturated heterocycles. The Morgan fingerprint density at radius 1 is 1.23 bits per heavy atom. The van der Waals surface area contributed by atoms with Crippen molar-refractivity contribution in [1.29, 1.82) is 5.26 Å². The number of allylic oxidation sites excluding steroid dienone is 2. The molecule has 6 heteroatoms. The van der Waals surface area contributed by atoms with Gasteiger partial charge in [-0.15, -0.1) is 0 Å².